The molecule has 0 amide bonds. The summed E-state index contributed by atoms with van der Waals surface area (Å²) in [6, 6.07) is 11.4. The quantitative estimate of drug-likeness (QED) is 0.468. The molecular weight excluding hydrogens is 358 g/mol. The zero-order valence-electron chi connectivity index (χ0n) is 16.5. The van der Waals surface area contributed by atoms with Gasteiger partial charge in [0.2, 0.25) is 0 Å². The molecule has 0 spiro atoms. The van der Waals surface area contributed by atoms with Gasteiger partial charge in [0, 0.05) is 4.90 Å². The number of nitroso groups, excluding NO2 is 1. The first-order chi connectivity index (χ1) is 12.8. The summed E-state index contributed by atoms with van der Waals surface area (Å²) in [5.41, 5.74) is 3.18. The number of benzene rings is 2. The lowest BCUT2D eigenvalue weighted by atomic mass is 10.0. The van der Waals surface area contributed by atoms with E-state index in [4.69, 9.17) is 4.74 Å². The molecule has 1 atom stereocenters. The SMILES string of the molecule is CSc1ccc(C(/C=C\c2cc(C)c(OC(C)(C)CO)c(C)c2)N=O)cc1. The van der Waals surface area contributed by atoms with Crippen molar-refractivity contribution in [1.29, 1.82) is 0 Å². The van der Waals surface area contributed by atoms with Gasteiger partial charge in [-0.1, -0.05) is 29.5 Å². The van der Waals surface area contributed by atoms with E-state index in [1.54, 1.807) is 11.8 Å². The number of hydrogen-bond donors (Lipinski definition) is 1. The minimum Gasteiger partial charge on any atom is -0.485 e. The Kier molecular flexibility index (Phi) is 7.22. The topological polar surface area (TPSA) is 58.9 Å². The number of hydrogen-bond acceptors (Lipinski definition) is 5. The van der Waals surface area contributed by atoms with Gasteiger partial charge in [-0.3, -0.25) is 0 Å². The van der Waals surface area contributed by atoms with Gasteiger partial charge in [-0.05, 0) is 80.5 Å². The number of nitrogens with zero attached hydrogens (tertiary/aromatic N) is 1. The molecule has 27 heavy (non-hydrogen) atoms. The molecular formula is C22H27NO3S. The minimum absolute atomic E-state index is 0.0600. The second-order valence-electron chi connectivity index (χ2n) is 7.19. The zero-order valence-corrected chi connectivity index (χ0v) is 17.3. The van der Waals surface area contributed by atoms with E-state index in [-0.39, 0.29) is 6.61 Å². The molecule has 0 fully saturated rings. The number of aliphatic hydroxyl groups excluding tert-OH is 1. The summed E-state index contributed by atoms with van der Waals surface area (Å²) in [6.45, 7) is 7.59. The van der Waals surface area contributed by atoms with Crippen LogP contribution in [-0.4, -0.2) is 23.6 Å². The van der Waals surface area contributed by atoms with Crippen LogP contribution in [0.25, 0.3) is 6.08 Å². The predicted octanol–water partition coefficient (Wildman–Crippen LogP) is 5.70. The molecule has 0 saturated heterocycles. The number of rotatable bonds is 8. The summed E-state index contributed by atoms with van der Waals surface area (Å²) >= 11 is 1.66. The van der Waals surface area contributed by atoms with E-state index in [0.29, 0.717) is 0 Å². The second kappa shape index (κ2) is 9.20. The van der Waals surface area contributed by atoms with Gasteiger partial charge in [-0.2, -0.15) is 0 Å². The van der Waals surface area contributed by atoms with Crippen LogP contribution in [-0.2, 0) is 0 Å². The summed E-state index contributed by atoms with van der Waals surface area (Å²) in [5, 5.41) is 12.7. The van der Waals surface area contributed by atoms with E-state index in [2.05, 4.69) is 5.18 Å². The number of aryl methyl sites for hydroxylation is 2. The second-order valence-corrected chi connectivity index (χ2v) is 8.07. The van der Waals surface area contributed by atoms with Gasteiger partial charge >= 0.3 is 0 Å². The third-order valence-electron chi connectivity index (χ3n) is 4.28. The molecule has 2 aromatic rings. The van der Waals surface area contributed by atoms with Gasteiger partial charge in [-0.25, -0.2) is 0 Å². The molecule has 0 radical (unpaired) electrons. The fourth-order valence-electron chi connectivity index (χ4n) is 2.76. The maximum atomic E-state index is 11.3. The Labute approximate surface area is 165 Å². The van der Waals surface area contributed by atoms with E-state index in [0.717, 1.165) is 32.9 Å². The van der Waals surface area contributed by atoms with Crippen molar-refractivity contribution in [2.45, 2.75) is 44.2 Å². The van der Waals surface area contributed by atoms with Crippen LogP contribution in [0.1, 0.15) is 42.1 Å². The maximum Gasteiger partial charge on any atom is 0.135 e. The Morgan fingerprint density at radius 3 is 2.26 bits per heavy atom. The van der Waals surface area contributed by atoms with Crippen molar-refractivity contribution in [3.63, 3.8) is 0 Å². The van der Waals surface area contributed by atoms with Crippen LogP contribution >= 0.6 is 11.8 Å². The molecule has 0 aromatic heterocycles. The summed E-state index contributed by atoms with van der Waals surface area (Å²) in [7, 11) is 0. The Hall–Kier alpha value is -2.11. The standard InChI is InChI=1S/C22H27NO3S/c1-15-12-17(13-16(2)21(15)26-22(3,4)14-24)6-11-20(23-25)18-7-9-19(27-5)10-8-18/h6-13,20,24H,14H2,1-5H3/b11-6-. The van der Waals surface area contributed by atoms with Crippen molar-refractivity contribution in [2.75, 3.05) is 12.9 Å². The first kappa shape index (κ1) is 21.2. The Morgan fingerprint density at radius 1 is 1.19 bits per heavy atom. The maximum absolute atomic E-state index is 11.3. The van der Waals surface area contributed by atoms with Crippen LogP contribution in [0.4, 0.5) is 0 Å². The molecule has 1 N–H and O–H groups in total. The van der Waals surface area contributed by atoms with Crippen molar-refractivity contribution in [3.8, 4) is 5.75 Å². The highest BCUT2D eigenvalue weighted by atomic mass is 32.2. The van der Waals surface area contributed by atoms with E-state index < -0.39 is 11.6 Å². The van der Waals surface area contributed by atoms with E-state index >= 15 is 0 Å². The van der Waals surface area contributed by atoms with Crippen LogP contribution < -0.4 is 4.74 Å². The smallest absolute Gasteiger partial charge is 0.135 e. The number of thioether (sulfide) groups is 1. The van der Waals surface area contributed by atoms with Crippen molar-refractivity contribution in [3.05, 3.63) is 69.6 Å². The third kappa shape index (κ3) is 5.68. The molecule has 144 valence electrons. The molecule has 0 heterocycles. The van der Waals surface area contributed by atoms with Crippen LogP contribution in [0.5, 0.6) is 5.75 Å². The molecule has 0 aliphatic rings. The lowest BCUT2D eigenvalue weighted by Crippen LogP contribution is -2.33. The lowest BCUT2D eigenvalue weighted by molar-refractivity contribution is 0.0401. The lowest BCUT2D eigenvalue weighted by Gasteiger charge is -2.26. The molecule has 0 saturated carbocycles. The summed E-state index contributed by atoms with van der Waals surface area (Å²) in [6.07, 6.45) is 5.74. The fourth-order valence-corrected chi connectivity index (χ4v) is 3.17. The van der Waals surface area contributed by atoms with Gasteiger partial charge < -0.3 is 9.84 Å². The van der Waals surface area contributed by atoms with E-state index in [1.165, 1.54) is 0 Å². The van der Waals surface area contributed by atoms with Gasteiger partial charge in [-0.15, -0.1) is 16.7 Å². The largest absolute Gasteiger partial charge is 0.485 e. The van der Waals surface area contributed by atoms with Gasteiger partial charge in [0.25, 0.3) is 0 Å². The highest BCUT2D eigenvalue weighted by molar-refractivity contribution is 7.98. The highest BCUT2D eigenvalue weighted by Gasteiger charge is 2.20. The van der Waals surface area contributed by atoms with Gasteiger partial charge in [0.15, 0.2) is 0 Å². The Bertz CT molecular complexity index is 790. The van der Waals surface area contributed by atoms with Crippen molar-refractivity contribution in [2.24, 2.45) is 5.18 Å². The molecule has 4 nitrogen and oxygen atoms in total. The van der Waals surface area contributed by atoms with Crippen LogP contribution in [0.15, 0.2) is 52.5 Å². The number of ether oxygens (including phenoxy) is 1. The summed E-state index contributed by atoms with van der Waals surface area (Å²) in [5.74, 6) is 0.781. The van der Waals surface area contributed by atoms with Crippen molar-refractivity contribution in [1.82, 2.24) is 0 Å². The minimum atomic E-state index is -0.637. The van der Waals surface area contributed by atoms with Crippen molar-refractivity contribution < 1.29 is 9.84 Å². The number of aliphatic hydroxyl groups is 1. The zero-order chi connectivity index (χ0) is 20.0. The Balaban J connectivity index is 2.23. The van der Waals surface area contributed by atoms with Gasteiger partial charge in [0.05, 0.1) is 6.61 Å². The molecule has 0 aliphatic carbocycles. The molecule has 0 bridgehead atoms. The average Bonchev–Trinajstić information content (AvgIpc) is 2.66. The van der Waals surface area contributed by atoms with Crippen LogP contribution in [0.2, 0.25) is 0 Å². The Morgan fingerprint density at radius 2 is 1.78 bits per heavy atom. The first-order valence-electron chi connectivity index (χ1n) is 8.85. The monoisotopic (exact) mass is 385 g/mol. The molecule has 2 rings (SSSR count). The van der Waals surface area contributed by atoms with E-state index in [9.17, 15) is 10.0 Å². The van der Waals surface area contributed by atoms with Crippen LogP contribution in [0.3, 0.4) is 0 Å². The van der Waals surface area contributed by atoms with E-state index in [1.807, 2.05) is 82.5 Å². The molecule has 5 heteroatoms. The van der Waals surface area contributed by atoms with Gasteiger partial charge in [0.1, 0.15) is 17.4 Å². The fraction of sp³-hybridized carbons (Fsp3) is 0.364. The average molecular weight is 386 g/mol. The first-order valence-corrected chi connectivity index (χ1v) is 10.1. The van der Waals surface area contributed by atoms with Crippen molar-refractivity contribution >= 4 is 17.8 Å². The normalized spacial score (nSPS) is 13.0. The van der Waals surface area contributed by atoms with Crippen LogP contribution in [0, 0.1) is 18.8 Å². The molecule has 0 aliphatic heterocycles. The molecule has 2 aromatic carbocycles. The third-order valence-corrected chi connectivity index (χ3v) is 5.03. The molecule has 1 unspecified atom stereocenters. The highest BCUT2D eigenvalue weighted by Crippen LogP contribution is 2.30. The predicted molar refractivity (Wildman–Crippen MR) is 114 cm³/mol. The summed E-state index contributed by atoms with van der Waals surface area (Å²) in [4.78, 5) is 12.5. The summed E-state index contributed by atoms with van der Waals surface area (Å²) < 4.78 is 5.96.